The molecule has 0 amide bonds. The van der Waals surface area contributed by atoms with E-state index in [1.165, 1.54) is 6.26 Å². The number of rotatable bonds is 4. The highest BCUT2D eigenvalue weighted by atomic mass is 32.2. The number of tetrazole rings is 1. The Bertz CT molecular complexity index is 722. The van der Waals surface area contributed by atoms with Crippen molar-refractivity contribution in [3.8, 4) is 5.69 Å². The van der Waals surface area contributed by atoms with E-state index in [1.54, 1.807) is 4.68 Å². The van der Waals surface area contributed by atoms with Crippen LogP contribution >= 0.6 is 0 Å². The van der Waals surface area contributed by atoms with Gasteiger partial charge in [0.15, 0.2) is 0 Å². The fraction of sp³-hybridized carbons (Fsp3) is 0.462. The molecule has 2 aromatic rings. The average molecular weight is 322 g/mol. The van der Waals surface area contributed by atoms with Gasteiger partial charge in [-0.1, -0.05) is 23.3 Å². The Morgan fingerprint density at radius 3 is 2.50 bits per heavy atom. The van der Waals surface area contributed by atoms with E-state index in [2.05, 4.69) is 25.1 Å². The Kier molecular flexibility index (Phi) is 4.08. The summed E-state index contributed by atoms with van der Waals surface area (Å²) in [7, 11) is -3.16. The third kappa shape index (κ3) is 3.42. The van der Waals surface area contributed by atoms with Crippen molar-refractivity contribution in [3.05, 3.63) is 30.3 Å². The van der Waals surface area contributed by atoms with Crippen molar-refractivity contribution >= 4 is 16.0 Å². The number of para-hydroxylation sites is 1. The van der Waals surface area contributed by atoms with Gasteiger partial charge in [0.25, 0.3) is 0 Å². The zero-order chi connectivity index (χ0) is 15.6. The highest BCUT2D eigenvalue weighted by molar-refractivity contribution is 7.88. The predicted molar refractivity (Wildman–Crippen MR) is 82.4 cm³/mol. The molecular weight excluding hydrogens is 304 g/mol. The van der Waals surface area contributed by atoms with Gasteiger partial charge in [0, 0.05) is 19.1 Å². The number of hydrogen-bond donors (Lipinski definition) is 1. The first kappa shape index (κ1) is 14.9. The molecule has 0 bridgehead atoms. The van der Waals surface area contributed by atoms with Gasteiger partial charge < -0.3 is 4.90 Å². The van der Waals surface area contributed by atoms with Gasteiger partial charge in [0.05, 0.1) is 11.9 Å². The first-order valence-corrected chi connectivity index (χ1v) is 8.98. The van der Waals surface area contributed by atoms with Crippen LogP contribution in [-0.2, 0) is 10.0 Å². The Labute approximate surface area is 129 Å². The van der Waals surface area contributed by atoms with E-state index in [0.29, 0.717) is 19.0 Å². The molecule has 9 heteroatoms. The number of anilines is 1. The molecule has 8 nitrogen and oxygen atoms in total. The average Bonchev–Trinajstić information content (AvgIpc) is 2.97. The summed E-state index contributed by atoms with van der Waals surface area (Å²) < 4.78 is 26.9. The normalized spacial score (nSPS) is 16.9. The minimum Gasteiger partial charge on any atom is -0.339 e. The lowest BCUT2D eigenvalue weighted by Crippen LogP contribution is -2.45. The molecule has 1 saturated heterocycles. The van der Waals surface area contributed by atoms with E-state index in [1.807, 2.05) is 30.3 Å². The summed E-state index contributed by atoms with van der Waals surface area (Å²) in [5.74, 6) is 0.684. The van der Waals surface area contributed by atoms with Crippen LogP contribution in [0.15, 0.2) is 30.3 Å². The summed E-state index contributed by atoms with van der Waals surface area (Å²) in [6.07, 6.45) is 2.65. The van der Waals surface area contributed by atoms with Crippen LogP contribution in [-0.4, -0.2) is 54.0 Å². The summed E-state index contributed by atoms with van der Waals surface area (Å²) in [5, 5.41) is 11.9. The van der Waals surface area contributed by atoms with Crippen LogP contribution in [0.2, 0.25) is 0 Å². The van der Waals surface area contributed by atoms with Crippen LogP contribution in [0.4, 0.5) is 5.95 Å². The van der Waals surface area contributed by atoms with Gasteiger partial charge in [-0.15, -0.1) is 0 Å². The second-order valence-electron chi connectivity index (χ2n) is 5.38. The largest absolute Gasteiger partial charge is 0.339 e. The zero-order valence-electron chi connectivity index (χ0n) is 12.3. The third-order valence-corrected chi connectivity index (χ3v) is 4.37. The lowest BCUT2D eigenvalue weighted by molar-refractivity contribution is 0.456. The summed E-state index contributed by atoms with van der Waals surface area (Å²) in [4.78, 5) is 2.08. The maximum absolute atomic E-state index is 11.3. The Hall–Kier alpha value is -2.00. The number of nitrogens with one attached hydrogen (secondary N) is 1. The van der Waals surface area contributed by atoms with Gasteiger partial charge in [-0.3, -0.25) is 0 Å². The number of benzene rings is 1. The molecule has 22 heavy (non-hydrogen) atoms. The summed E-state index contributed by atoms with van der Waals surface area (Å²) in [6.45, 7) is 1.42. The quantitative estimate of drug-likeness (QED) is 0.863. The van der Waals surface area contributed by atoms with Crippen molar-refractivity contribution in [1.82, 2.24) is 24.9 Å². The molecule has 118 valence electrons. The molecule has 0 aliphatic carbocycles. The number of piperidine rings is 1. The SMILES string of the molecule is CS(=O)(=O)NC1CCN(c2nnnn2-c2ccccc2)CC1. The molecule has 0 radical (unpaired) electrons. The first-order valence-electron chi connectivity index (χ1n) is 7.09. The van der Waals surface area contributed by atoms with Gasteiger partial charge in [0.1, 0.15) is 0 Å². The predicted octanol–water partition coefficient (Wildman–Crippen LogP) is 0.180. The summed E-state index contributed by atoms with van der Waals surface area (Å²) in [6, 6.07) is 9.67. The fourth-order valence-electron chi connectivity index (χ4n) is 2.62. The topological polar surface area (TPSA) is 93.0 Å². The molecule has 1 fully saturated rings. The molecule has 0 spiro atoms. The van der Waals surface area contributed by atoms with Crippen LogP contribution < -0.4 is 9.62 Å². The van der Waals surface area contributed by atoms with Crippen molar-refractivity contribution in [1.29, 1.82) is 0 Å². The van der Waals surface area contributed by atoms with Crippen molar-refractivity contribution < 1.29 is 8.42 Å². The Morgan fingerprint density at radius 1 is 1.18 bits per heavy atom. The summed E-state index contributed by atoms with van der Waals surface area (Å²) in [5.41, 5.74) is 0.902. The molecule has 0 saturated carbocycles. The number of aromatic nitrogens is 4. The van der Waals surface area contributed by atoms with Crippen molar-refractivity contribution in [3.63, 3.8) is 0 Å². The maximum atomic E-state index is 11.3. The van der Waals surface area contributed by atoms with Gasteiger partial charge >= 0.3 is 0 Å². The molecule has 1 N–H and O–H groups in total. The highest BCUT2D eigenvalue weighted by Crippen LogP contribution is 2.20. The van der Waals surface area contributed by atoms with Gasteiger partial charge in [0.2, 0.25) is 16.0 Å². The summed E-state index contributed by atoms with van der Waals surface area (Å²) >= 11 is 0. The number of sulfonamides is 1. The fourth-order valence-corrected chi connectivity index (χ4v) is 3.46. The monoisotopic (exact) mass is 322 g/mol. The Balaban J connectivity index is 1.72. The number of nitrogens with zero attached hydrogens (tertiary/aromatic N) is 5. The molecule has 1 aliphatic rings. The van der Waals surface area contributed by atoms with E-state index < -0.39 is 10.0 Å². The van der Waals surface area contributed by atoms with Crippen molar-refractivity contribution in [2.24, 2.45) is 0 Å². The molecule has 0 atom stereocenters. The molecule has 1 aliphatic heterocycles. The van der Waals surface area contributed by atoms with E-state index in [0.717, 1.165) is 18.5 Å². The van der Waals surface area contributed by atoms with E-state index >= 15 is 0 Å². The second kappa shape index (κ2) is 6.01. The van der Waals surface area contributed by atoms with E-state index in [-0.39, 0.29) is 6.04 Å². The van der Waals surface area contributed by atoms with E-state index in [9.17, 15) is 8.42 Å². The number of hydrogen-bond acceptors (Lipinski definition) is 6. The van der Waals surface area contributed by atoms with Gasteiger partial charge in [-0.05, 0) is 35.4 Å². The molecule has 2 heterocycles. The Morgan fingerprint density at radius 2 is 1.86 bits per heavy atom. The molecule has 0 unspecified atom stereocenters. The molecule has 1 aromatic heterocycles. The van der Waals surface area contributed by atoms with Crippen LogP contribution in [0.25, 0.3) is 5.69 Å². The third-order valence-electron chi connectivity index (χ3n) is 3.61. The molecule has 1 aromatic carbocycles. The zero-order valence-corrected chi connectivity index (χ0v) is 13.1. The van der Waals surface area contributed by atoms with Crippen LogP contribution in [0.1, 0.15) is 12.8 Å². The lowest BCUT2D eigenvalue weighted by atomic mass is 10.1. The van der Waals surface area contributed by atoms with Crippen LogP contribution in [0.3, 0.4) is 0 Å². The van der Waals surface area contributed by atoms with Crippen molar-refractivity contribution in [2.75, 3.05) is 24.2 Å². The minimum atomic E-state index is -3.16. The first-order chi connectivity index (χ1) is 10.5. The van der Waals surface area contributed by atoms with Crippen LogP contribution in [0.5, 0.6) is 0 Å². The van der Waals surface area contributed by atoms with Crippen LogP contribution in [0, 0.1) is 0 Å². The minimum absolute atomic E-state index is 0.0210. The molecule has 3 rings (SSSR count). The maximum Gasteiger partial charge on any atom is 0.250 e. The lowest BCUT2D eigenvalue weighted by Gasteiger charge is -2.32. The second-order valence-corrected chi connectivity index (χ2v) is 7.16. The molecular formula is C13H18N6O2S. The smallest absolute Gasteiger partial charge is 0.250 e. The standard InChI is InChI=1S/C13H18N6O2S/c1-22(20,21)15-11-7-9-18(10-8-11)13-14-16-17-19(13)12-5-3-2-4-6-12/h2-6,11,15H,7-10H2,1H3. The van der Waals surface area contributed by atoms with Gasteiger partial charge in [-0.25, -0.2) is 13.1 Å². The van der Waals surface area contributed by atoms with E-state index in [4.69, 9.17) is 0 Å². The van der Waals surface area contributed by atoms with Crippen molar-refractivity contribution in [2.45, 2.75) is 18.9 Å². The highest BCUT2D eigenvalue weighted by Gasteiger charge is 2.25. The van der Waals surface area contributed by atoms with Gasteiger partial charge in [-0.2, -0.15) is 4.68 Å².